The van der Waals surface area contributed by atoms with E-state index < -0.39 is 5.82 Å². The molecule has 1 saturated heterocycles. The van der Waals surface area contributed by atoms with Gasteiger partial charge in [-0.05, 0) is 19.4 Å². The summed E-state index contributed by atoms with van der Waals surface area (Å²) in [5.74, 6) is -0.171. The third-order valence-corrected chi connectivity index (χ3v) is 4.23. The number of likely N-dealkylation sites (tertiary alicyclic amines) is 1. The number of rotatable bonds is 4. The summed E-state index contributed by atoms with van der Waals surface area (Å²) in [6, 6.07) is 3.47. The van der Waals surface area contributed by atoms with Crippen LogP contribution in [0.5, 0.6) is 5.75 Å². The van der Waals surface area contributed by atoms with Crippen molar-refractivity contribution >= 4 is 11.4 Å². The van der Waals surface area contributed by atoms with E-state index in [9.17, 15) is 4.39 Å². The monoisotopic (exact) mass is 281 g/mol. The minimum atomic E-state index is -0.414. The van der Waals surface area contributed by atoms with E-state index in [0.29, 0.717) is 11.7 Å². The highest BCUT2D eigenvalue weighted by molar-refractivity contribution is 5.70. The molecule has 1 aliphatic rings. The Morgan fingerprint density at radius 3 is 2.60 bits per heavy atom. The van der Waals surface area contributed by atoms with Crippen LogP contribution in [0.15, 0.2) is 12.1 Å². The number of hydrogen-bond acceptors (Lipinski definition) is 4. The van der Waals surface area contributed by atoms with Crippen LogP contribution < -0.4 is 15.4 Å². The molecule has 0 atom stereocenters. The summed E-state index contributed by atoms with van der Waals surface area (Å²) in [4.78, 5) is 4.60. The Kier molecular flexibility index (Phi) is 4.70. The van der Waals surface area contributed by atoms with Crippen molar-refractivity contribution in [2.24, 2.45) is 0 Å². The molecule has 1 aromatic carbocycles. The molecule has 1 fully saturated rings. The number of nitrogen functional groups attached to an aromatic ring is 1. The minimum absolute atomic E-state index is 0.243. The van der Waals surface area contributed by atoms with E-state index in [1.165, 1.54) is 13.2 Å². The van der Waals surface area contributed by atoms with Gasteiger partial charge < -0.3 is 20.3 Å². The van der Waals surface area contributed by atoms with Gasteiger partial charge in [-0.25, -0.2) is 4.39 Å². The molecule has 1 aliphatic heterocycles. The van der Waals surface area contributed by atoms with E-state index in [1.807, 2.05) is 7.05 Å². The summed E-state index contributed by atoms with van der Waals surface area (Å²) in [6.07, 6.45) is 2.20. The molecule has 0 radical (unpaired) electrons. The van der Waals surface area contributed by atoms with Crippen LogP contribution in [0.1, 0.15) is 19.8 Å². The van der Waals surface area contributed by atoms with E-state index in [0.717, 1.165) is 38.2 Å². The zero-order chi connectivity index (χ0) is 14.7. The predicted octanol–water partition coefficient (Wildman–Crippen LogP) is 2.34. The van der Waals surface area contributed by atoms with Crippen LogP contribution in [0.4, 0.5) is 15.8 Å². The van der Waals surface area contributed by atoms with Crippen LogP contribution in [0, 0.1) is 5.82 Å². The first-order valence-corrected chi connectivity index (χ1v) is 7.15. The lowest BCUT2D eigenvalue weighted by atomic mass is 10.0. The molecule has 5 heteroatoms. The Morgan fingerprint density at radius 1 is 1.40 bits per heavy atom. The molecule has 4 nitrogen and oxygen atoms in total. The summed E-state index contributed by atoms with van der Waals surface area (Å²) >= 11 is 0. The van der Waals surface area contributed by atoms with E-state index in [4.69, 9.17) is 10.5 Å². The predicted molar refractivity (Wildman–Crippen MR) is 80.9 cm³/mol. The van der Waals surface area contributed by atoms with Gasteiger partial charge in [0.1, 0.15) is 0 Å². The second-order valence-electron chi connectivity index (χ2n) is 5.32. The van der Waals surface area contributed by atoms with Crippen molar-refractivity contribution in [3.63, 3.8) is 0 Å². The molecule has 20 heavy (non-hydrogen) atoms. The van der Waals surface area contributed by atoms with Crippen molar-refractivity contribution < 1.29 is 9.13 Å². The first kappa shape index (κ1) is 14.9. The lowest BCUT2D eigenvalue weighted by Gasteiger charge is -2.38. The van der Waals surface area contributed by atoms with Crippen molar-refractivity contribution in [3.8, 4) is 5.75 Å². The van der Waals surface area contributed by atoms with Crippen LogP contribution >= 0.6 is 0 Å². The van der Waals surface area contributed by atoms with Gasteiger partial charge in [-0.3, -0.25) is 0 Å². The summed E-state index contributed by atoms with van der Waals surface area (Å²) < 4.78 is 18.7. The maximum atomic E-state index is 13.6. The number of ether oxygens (including phenoxy) is 1. The average molecular weight is 281 g/mol. The molecule has 1 heterocycles. The van der Waals surface area contributed by atoms with Crippen LogP contribution in [0.2, 0.25) is 0 Å². The molecule has 0 amide bonds. The second kappa shape index (κ2) is 6.31. The lowest BCUT2D eigenvalue weighted by molar-refractivity contribution is 0.221. The summed E-state index contributed by atoms with van der Waals surface area (Å²) in [6.45, 7) is 5.49. The van der Waals surface area contributed by atoms with Crippen molar-refractivity contribution in [3.05, 3.63) is 17.9 Å². The van der Waals surface area contributed by atoms with Crippen molar-refractivity contribution in [2.45, 2.75) is 25.8 Å². The highest BCUT2D eigenvalue weighted by atomic mass is 19.1. The molecule has 0 aliphatic carbocycles. The molecule has 0 bridgehead atoms. The van der Waals surface area contributed by atoms with Crippen LogP contribution in [0.3, 0.4) is 0 Å². The number of anilines is 2. The Hall–Kier alpha value is -1.49. The topological polar surface area (TPSA) is 41.7 Å². The molecule has 0 saturated carbocycles. The number of nitrogens with zero attached hydrogens (tertiary/aromatic N) is 2. The largest absolute Gasteiger partial charge is 0.494 e. The quantitative estimate of drug-likeness (QED) is 0.860. The molecule has 0 unspecified atom stereocenters. The number of piperidine rings is 1. The standard InChI is InChI=1S/C15H24FN3O/c1-4-19-7-5-11(6-8-19)18(2)14-10-15(20-3)12(16)9-13(14)17/h9-11H,4-8,17H2,1-3H3. The first-order valence-electron chi connectivity index (χ1n) is 7.15. The van der Waals surface area contributed by atoms with Gasteiger partial charge in [0, 0.05) is 38.3 Å². The van der Waals surface area contributed by atoms with Crippen molar-refractivity contribution in [1.29, 1.82) is 0 Å². The average Bonchev–Trinajstić information content (AvgIpc) is 2.47. The zero-order valence-electron chi connectivity index (χ0n) is 12.5. The maximum Gasteiger partial charge on any atom is 0.167 e. The molecule has 2 rings (SSSR count). The zero-order valence-corrected chi connectivity index (χ0v) is 12.5. The van der Waals surface area contributed by atoms with Gasteiger partial charge in [-0.2, -0.15) is 0 Å². The Morgan fingerprint density at radius 2 is 2.05 bits per heavy atom. The fourth-order valence-electron chi connectivity index (χ4n) is 2.84. The third-order valence-electron chi connectivity index (χ3n) is 4.23. The SMILES string of the molecule is CCN1CCC(N(C)c2cc(OC)c(F)cc2N)CC1. The molecular formula is C15H24FN3O. The fourth-order valence-corrected chi connectivity index (χ4v) is 2.84. The minimum Gasteiger partial charge on any atom is -0.494 e. The number of methoxy groups -OCH3 is 1. The third kappa shape index (κ3) is 2.98. The number of nitrogens with two attached hydrogens (primary N) is 1. The van der Waals surface area contributed by atoms with Crippen LogP contribution in [0.25, 0.3) is 0 Å². The number of benzene rings is 1. The first-order chi connectivity index (χ1) is 9.56. The number of halogens is 1. The van der Waals surface area contributed by atoms with Gasteiger partial charge in [0.05, 0.1) is 18.5 Å². The fraction of sp³-hybridized carbons (Fsp3) is 0.600. The number of hydrogen-bond donors (Lipinski definition) is 1. The summed E-state index contributed by atoms with van der Waals surface area (Å²) in [5, 5.41) is 0. The maximum absolute atomic E-state index is 13.6. The molecular weight excluding hydrogens is 257 g/mol. The highest BCUT2D eigenvalue weighted by Gasteiger charge is 2.23. The highest BCUT2D eigenvalue weighted by Crippen LogP contribution is 2.33. The Bertz CT molecular complexity index is 459. The molecule has 0 spiro atoms. The van der Waals surface area contributed by atoms with Gasteiger partial charge in [-0.1, -0.05) is 6.92 Å². The van der Waals surface area contributed by atoms with Crippen molar-refractivity contribution in [2.75, 3.05) is 44.4 Å². The van der Waals surface area contributed by atoms with Gasteiger partial charge in [0.2, 0.25) is 0 Å². The van der Waals surface area contributed by atoms with E-state index in [-0.39, 0.29) is 5.75 Å². The van der Waals surface area contributed by atoms with Gasteiger partial charge in [0.15, 0.2) is 11.6 Å². The Labute approximate surface area is 120 Å². The van der Waals surface area contributed by atoms with E-state index in [2.05, 4.69) is 16.7 Å². The second-order valence-corrected chi connectivity index (χ2v) is 5.32. The molecule has 1 aromatic rings. The smallest absolute Gasteiger partial charge is 0.167 e. The van der Waals surface area contributed by atoms with Gasteiger partial charge in [-0.15, -0.1) is 0 Å². The Balaban J connectivity index is 2.15. The van der Waals surface area contributed by atoms with Gasteiger partial charge >= 0.3 is 0 Å². The van der Waals surface area contributed by atoms with Crippen LogP contribution in [-0.2, 0) is 0 Å². The molecule has 112 valence electrons. The summed E-state index contributed by atoms with van der Waals surface area (Å²) in [5.41, 5.74) is 7.27. The van der Waals surface area contributed by atoms with Crippen molar-refractivity contribution in [1.82, 2.24) is 4.90 Å². The molecule has 0 aromatic heterocycles. The van der Waals surface area contributed by atoms with Gasteiger partial charge in [0.25, 0.3) is 0 Å². The summed E-state index contributed by atoms with van der Waals surface area (Å²) in [7, 11) is 3.49. The molecule has 2 N–H and O–H groups in total. The van der Waals surface area contributed by atoms with E-state index >= 15 is 0 Å². The normalized spacial score (nSPS) is 17.2. The van der Waals surface area contributed by atoms with Crippen LogP contribution in [-0.4, -0.2) is 44.7 Å². The lowest BCUT2D eigenvalue weighted by Crippen LogP contribution is -2.43. The van der Waals surface area contributed by atoms with E-state index in [1.54, 1.807) is 6.07 Å².